The van der Waals surface area contributed by atoms with Crippen LogP contribution in [0.5, 0.6) is 0 Å². The van der Waals surface area contributed by atoms with Gasteiger partial charge in [-0.1, -0.05) is 45.0 Å². The Balaban J connectivity index is 2.41. The van der Waals surface area contributed by atoms with Crippen LogP contribution >= 0.6 is 0 Å². The van der Waals surface area contributed by atoms with Crippen molar-refractivity contribution in [1.82, 2.24) is 15.5 Å². The summed E-state index contributed by atoms with van der Waals surface area (Å²) in [6.07, 6.45) is 2.68. The van der Waals surface area contributed by atoms with Gasteiger partial charge in [0.15, 0.2) is 0 Å². The van der Waals surface area contributed by atoms with E-state index in [1.54, 1.807) is 32.6 Å². The number of hydrogen-bond donors (Lipinski definition) is 2. The number of hydrogen-bond acceptors (Lipinski definition) is 6. The van der Waals surface area contributed by atoms with Crippen LogP contribution in [-0.4, -0.2) is 59.6 Å². The second-order valence-corrected chi connectivity index (χ2v) is 11.0. The molecule has 0 heterocycles. The summed E-state index contributed by atoms with van der Waals surface area (Å²) >= 11 is 0. The molecule has 2 rings (SSSR count). The Bertz CT molecular complexity index is 950. The predicted molar refractivity (Wildman–Crippen MR) is 145 cm³/mol. The Morgan fingerprint density at radius 1 is 1.05 bits per heavy atom. The first kappa shape index (κ1) is 31.1. The van der Waals surface area contributed by atoms with Crippen molar-refractivity contribution in [3.05, 3.63) is 35.4 Å². The number of esters is 1. The lowest BCUT2D eigenvalue weighted by atomic mass is 9.87. The first-order valence-electron chi connectivity index (χ1n) is 13.7. The molecule has 3 amide bonds. The van der Waals surface area contributed by atoms with Gasteiger partial charge in [-0.15, -0.1) is 0 Å². The fourth-order valence-electron chi connectivity index (χ4n) is 4.28. The summed E-state index contributed by atoms with van der Waals surface area (Å²) in [5, 5.41) is 5.58. The average molecular weight is 532 g/mol. The van der Waals surface area contributed by atoms with Crippen molar-refractivity contribution in [2.45, 2.75) is 104 Å². The molecule has 2 unspecified atom stereocenters. The molecule has 9 nitrogen and oxygen atoms in total. The lowest BCUT2D eigenvalue weighted by Crippen LogP contribution is -2.58. The normalized spacial score (nSPS) is 15.2. The maximum Gasteiger partial charge on any atom is 0.408 e. The van der Waals surface area contributed by atoms with E-state index >= 15 is 0 Å². The highest BCUT2D eigenvalue weighted by molar-refractivity contribution is 5.92. The molecule has 0 radical (unpaired) electrons. The van der Waals surface area contributed by atoms with Crippen LogP contribution in [0, 0.1) is 5.92 Å². The Labute approximate surface area is 227 Å². The van der Waals surface area contributed by atoms with Crippen LogP contribution in [0.1, 0.15) is 91.3 Å². The lowest BCUT2D eigenvalue weighted by Gasteiger charge is -2.44. The topological polar surface area (TPSA) is 114 Å². The smallest absolute Gasteiger partial charge is 0.408 e. The largest absolute Gasteiger partial charge is 0.466 e. The van der Waals surface area contributed by atoms with Gasteiger partial charge in [-0.05, 0) is 70.4 Å². The number of aryl methyl sites for hydroxylation is 1. The third kappa shape index (κ3) is 9.03. The van der Waals surface area contributed by atoms with Crippen molar-refractivity contribution in [2.24, 2.45) is 5.92 Å². The molecule has 1 aliphatic carbocycles. The van der Waals surface area contributed by atoms with E-state index in [9.17, 15) is 19.2 Å². The summed E-state index contributed by atoms with van der Waals surface area (Å²) in [7, 11) is 0. The van der Waals surface area contributed by atoms with Gasteiger partial charge >= 0.3 is 12.1 Å². The van der Waals surface area contributed by atoms with Gasteiger partial charge in [-0.3, -0.25) is 14.4 Å². The number of benzene rings is 1. The Morgan fingerprint density at radius 2 is 1.68 bits per heavy atom. The van der Waals surface area contributed by atoms with Crippen molar-refractivity contribution in [3.8, 4) is 0 Å². The minimum atomic E-state index is -0.914. The van der Waals surface area contributed by atoms with Crippen LogP contribution in [0.2, 0.25) is 0 Å². The molecule has 0 saturated heterocycles. The van der Waals surface area contributed by atoms with E-state index in [1.165, 1.54) is 0 Å². The zero-order chi connectivity index (χ0) is 28.5. The quantitative estimate of drug-likeness (QED) is 0.389. The number of rotatable bonds is 12. The SMILES string of the molecule is CCOC(=O)CCNC(=O)C(c1ccc(CC)cc1)N(C(=O)C(NC(=O)OC(C)(C)C)C(C)C)C1CCC1. The van der Waals surface area contributed by atoms with Crippen molar-refractivity contribution in [1.29, 1.82) is 0 Å². The number of alkyl carbamates (subject to hydrolysis) is 1. The number of nitrogens with zero attached hydrogens (tertiary/aromatic N) is 1. The zero-order valence-corrected chi connectivity index (χ0v) is 24.0. The van der Waals surface area contributed by atoms with Crippen LogP contribution < -0.4 is 10.6 Å². The molecule has 2 N–H and O–H groups in total. The van der Waals surface area contributed by atoms with Crippen molar-refractivity contribution < 1.29 is 28.7 Å². The molecule has 0 aromatic heterocycles. The summed E-state index contributed by atoms with van der Waals surface area (Å²) < 4.78 is 10.4. The van der Waals surface area contributed by atoms with E-state index in [0.717, 1.165) is 31.2 Å². The van der Waals surface area contributed by atoms with Crippen LogP contribution in [0.25, 0.3) is 0 Å². The van der Waals surface area contributed by atoms with E-state index in [0.29, 0.717) is 5.56 Å². The second-order valence-electron chi connectivity index (χ2n) is 11.0. The lowest BCUT2D eigenvalue weighted by molar-refractivity contribution is -0.148. The van der Waals surface area contributed by atoms with Gasteiger partial charge in [0, 0.05) is 12.6 Å². The van der Waals surface area contributed by atoms with Crippen LogP contribution in [0.15, 0.2) is 24.3 Å². The van der Waals surface area contributed by atoms with Gasteiger partial charge < -0.3 is 25.0 Å². The molecule has 0 spiro atoms. The molecule has 1 aliphatic rings. The monoisotopic (exact) mass is 531 g/mol. The molecule has 212 valence electrons. The van der Waals surface area contributed by atoms with E-state index < -0.39 is 29.7 Å². The summed E-state index contributed by atoms with van der Waals surface area (Å²) in [5.41, 5.74) is 1.07. The molecular weight excluding hydrogens is 486 g/mol. The number of carbonyl (C=O) groups excluding carboxylic acids is 4. The van der Waals surface area contributed by atoms with Crippen molar-refractivity contribution in [3.63, 3.8) is 0 Å². The van der Waals surface area contributed by atoms with Gasteiger partial charge in [-0.2, -0.15) is 0 Å². The number of amides is 3. The van der Waals surface area contributed by atoms with E-state index in [1.807, 2.05) is 45.0 Å². The Kier molecular flexibility index (Phi) is 11.6. The van der Waals surface area contributed by atoms with E-state index in [2.05, 4.69) is 10.6 Å². The summed E-state index contributed by atoms with van der Waals surface area (Å²) in [6, 6.07) is 5.72. The highest BCUT2D eigenvalue weighted by Gasteiger charge is 2.42. The molecule has 1 aromatic rings. The fourth-order valence-corrected chi connectivity index (χ4v) is 4.28. The van der Waals surface area contributed by atoms with E-state index in [4.69, 9.17) is 9.47 Å². The molecule has 1 aromatic carbocycles. The Morgan fingerprint density at radius 3 is 2.16 bits per heavy atom. The number of ether oxygens (including phenoxy) is 2. The van der Waals surface area contributed by atoms with Crippen LogP contribution in [-0.2, 0) is 30.3 Å². The molecule has 0 aliphatic heterocycles. The second kappa shape index (κ2) is 14.2. The number of nitrogens with one attached hydrogen (secondary N) is 2. The molecule has 9 heteroatoms. The third-order valence-corrected chi connectivity index (χ3v) is 6.49. The van der Waals surface area contributed by atoms with Gasteiger partial charge in [0.2, 0.25) is 11.8 Å². The first-order chi connectivity index (χ1) is 17.9. The molecule has 1 saturated carbocycles. The van der Waals surface area contributed by atoms with Gasteiger partial charge in [-0.25, -0.2) is 4.79 Å². The standard InChI is InChI=1S/C29H45N3O6/c1-8-20-13-15-21(16-14-20)25(26(34)30-18-17-23(33)37-9-2)32(22-11-10-12-22)27(35)24(19(3)4)31-28(36)38-29(5,6)7/h13-16,19,22,24-25H,8-12,17-18H2,1-7H3,(H,30,34)(H,31,36). The van der Waals surface area contributed by atoms with E-state index in [-0.39, 0.29) is 43.3 Å². The molecular formula is C29H45N3O6. The molecule has 2 atom stereocenters. The highest BCUT2D eigenvalue weighted by Crippen LogP contribution is 2.34. The molecule has 1 fully saturated rings. The van der Waals surface area contributed by atoms with Crippen LogP contribution in [0.3, 0.4) is 0 Å². The zero-order valence-electron chi connectivity index (χ0n) is 24.0. The average Bonchev–Trinajstić information content (AvgIpc) is 2.80. The number of carbonyl (C=O) groups is 4. The first-order valence-corrected chi connectivity index (χ1v) is 13.7. The van der Waals surface area contributed by atoms with Gasteiger partial charge in [0.1, 0.15) is 17.7 Å². The maximum atomic E-state index is 14.1. The fraction of sp³-hybridized carbons (Fsp3) is 0.655. The van der Waals surface area contributed by atoms with Crippen LogP contribution in [0.4, 0.5) is 4.79 Å². The molecule has 0 bridgehead atoms. The third-order valence-electron chi connectivity index (χ3n) is 6.49. The van der Waals surface area contributed by atoms with Gasteiger partial charge in [0.25, 0.3) is 0 Å². The summed E-state index contributed by atoms with van der Waals surface area (Å²) in [5.74, 6) is -1.35. The summed E-state index contributed by atoms with van der Waals surface area (Å²) in [6.45, 7) is 13.1. The summed E-state index contributed by atoms with van der Waals surface area (Å²) in [4.78, 5) is 53.9. The molecule has 38 heavy (non-hydrogen) atoms. The predicted octanol–water partition coefficient (Wildman–Crippen LogP) is 4.29. The minimum Gasteiger partial charge on any atom is -0.466 e. The van der Waals surface area contributed by atoms with Crippen molar-refractivity contribution >= 4 is 23.9 Å². The van der Waals surface area contributed by atoms with Crippen molar-refractivity contribution in [2.75, 3.05) is 13.2 Å². The van der Waals surface area contributed by atoms with Gasteiger partial charge in [0.05, 0.1) is 13.0 Å². The maximum absolute atomic E-state index is 14.1. The Hall–Kier alpha value is -3.10. The highest BCUT2D eigenvalue weighted by atomic mass is 16.6. The minimum absolute atomic E-state index is 0.0350.